The molecule has 3 aromatic rings. The molecule has 0 spiro atoms. The number of H-pyrrole nitrogens is 1. The van der Waals surface area contributed by atoms with E-state index in [-0.39, 0.29) is 6.04 Å². The molecule has 2 heterocycles. The molecule has 200 valence electrons. The highest BCUT2D eigenvalue weighted by Gasteiger charge is 2.43. The van der Waals surface area contributed by atoms with E-state index in [1.807, 2.05) is 18.2 Å². The summed E-state index contributed by atoms with van der Waals surface area (Å²) in [5.74, 6) is 0.270. The van der Waals surface area contributed by atoms with Crippen molar-refractivity contribution in [3.8, 4) is 6.07 Å². The first-order chi connectivity index (χ1) is 18.8. The molecule has 1 aromatic heterocycles. The molecule has 2 unspecified atom stereocenters. The van der Waals surface area contributed by atoms with Crippen LogP contribution >= 0.6 is 0 Å². The van der Waals surface area contributed by atoms with E-state index < -0.39 is 11.3 Å². The molecule has 2 atom stereocenters. The zero-order valence-electron chi connectivity index (χ0n) is 22.0. The largest absolute Gasteiger partial charge is 0.399 e. The number of benzene rings is 2. The normalized spacial score (nSPS) is 20.0. The van der Waals surface area contributed by atoms with Crippen molar-refractivity contribution in [3.63, 3.8) is 0 Å². The van der Waals surface area contributed by atoms with E-state index in [0.717, 1.165) is 71.6 Å². The number of nitrogens with one attached hydrogen (secondary N) is 2. The van der Waals surface area contributed by atoms with Crippen LogP contribution in [0.2, 0.25) is 0 Å². The summed E-state index contributed by atoms with van der Waals surface area (Å²) >= 11 is 0. The zero-order valence-corrected chi connectivity index (χ0v) is 22.0. The van der Waals surface area contributed by atoms with Crippen molar-refractivity contribution in [1.82, 2.24) is 25.4 Å². The molecule has 0 saturated carbocycles. The maximum atomic E-state index is 12.1. The molecule has 1 aliphatic carbocycles. The van der Waals surface area contributed by atoms with Gasteiger partial charge in [-0.1, -0.05) is 31.4 Å². The van der Waals surface area contributed by atoms with Gasteiger partial charge in [-0.3, -0.25) is 4.79 Å². The van der Waals surface area contributed by atoms with Crippen LogP contribution in [0, 0.1) is 11.3 Å². The molecule has 1 fully saturated rings. The SMILES string of the molecule is C=C(N)c1ccc2c(c1)CCc1cc(C(N)=O)ccc1C2(CCNCC(=C)N1CCCC1C#N)c1nnc[nH]1. The van der Waals surface area contributed by atoms with E-state index >= 15 is 0 Å². The lowest BCUT2D eigenvalue weighted by Crippen LogP contribution is -2.38. The van der Waals surface area contributed by atoms with Crippen molar-refractivity contribution >= 4 is 11.6 Å². The van der Waals surface area contributed by atoms with Crippen LogP contribution in [0.3, 0.4) is 0 Å². The van der Waals surface area contributed by atoms with Gasteiger partial charge >= 0.3 is 0 Å². The number of aromatic amines is 1. The maximum Gasteiger partial charge on any atom is 0.248 e. The lowest BCUT2D eigenvalue weighted by molar-refractivity contribution is 0.1000. The highest BCUT2D eigenvalue weighted by molar-refractivity contribution is 5.93. The molecule has 39 heavy (non-hydrogen) atoms. The van der Waals surface area contributed by atoms with E-state index in [4.69, 9.17) is 11.5 Å². The Balaban J connectivity index is 1.55. The van der Waals surface area contributed by atoms with Crippen molar-refractivity contribution in [2.24, 2.45) is 11.5 Å². The minimum absolute atomic E-state index is 0.105. The highest BCUT2D eigenvalue weighted by Crippen LogP contribution is 2.46. The average Bonchev–Trinajstić information content (AvgIpc) is 3.63. The standard InChI is InChI=1S/C30H34N8O/c1-19(38-13-3-4-25(38)16-31)17-34-12-11-30(29-35-18-36-37-29)26-9-7-21(20(2)32)14-22(26)5-6-23-15-24(28(33)39)8-10-27(23)30/h7-10,14-15,18,25,34H,1-6,11-13,17,32H2,(H2,33,39)(H,35,36,37). The zero-order chi connectivity index (χ0) is 27.6. The van der Waals surface area contributed by atoms with Crippen molar-refractivity contribution in [2.75, 3.05) is 19.6 Å². The molecule has 1 amide bonds. The molecule has 9 nitrogen and oxygen atoms in total. The third-order valence-corrected chi connectivity index (χ3v) is 8.08. The Morgan fingerprint density at radius 3 is 2.46 bits per heavy atom. The quantitative estimate of drug-likeness (QED) is 0.316. The van der Waals surface area contributed by atoms with Crippen molar-refractivity contribution in [1.29, 1.82) is 5.26 Å². The predicted molar refractivity (Wildman–Crippen MR) is 150 cm³/mol. The summed E-state index contributed by atoms with van der Waals surface area (Å²) in [5, 5.41) is 21.7. The molecular weight excluding hydrogens is 488 g/mol. The fourth-order valence-corrected chi connectivity index (χ4v) is 6.15. The number of nitrogens with zero attached hydrogens (tertiary/aromatic N) is 4. The number of aryl methyl sites for hydroxylation is 2. The summed E-state index contributed by atoms with van der Waals surface area (Å²) < 4.78 is 0. The van der Waals surface area contributed by atoms with E-state index in [1.165, 1.54) is 0 Å². The van der Waals surface area contributed by atoms with Crippen molar-refractivity contribution < 1.29 is 4.79 Å². The van der Waals surface area contributed by atoms with E-state index in [2.05, 4.69) is 56.8 Å². The van der Waals surface area contributed by atoms with E-state index in [9.17, 15) is 10.1 Å². The van der Waals surface area contributed by atoms with E-state index in [1.54, 1.807) is 12.4 Å². The minimum Gasteiger partial charge on any atom is -0.399 e. The molecule has 1 saturated heterocycles. The second kappa shape index (κ2) is 10.8. The first-order valence-corrected chi connectivity index (χ1v) is 13.3. The summed E-state index contributed by atoms with van der Waals surface area (Å²) in [7, 11) is 0. The third kappa shape index (κ3) is 4.79. The Morgan fingerprint density at radius 1 is 1.15 bits per heavy atom. The van der Waals surface area contributed by atoms with Gasteiger partial charge in [-0.15, -0.1) is 10.2 Å². The third-order valence-electron chi connectivity index (χ3n) is 8.08. The summed E-state index contributed by atoms with van der Waals surface area (Å²) in [5.41, 5.74) is 18.2. The number of nitrogens with two attached hydrogens (primary N) is 2. The topological polar surface area (TPSA) is 150 Å². The van der Waals surface area contributed by atoms with Crippen LogP contribution in [0.15, 0.2) is 61.6 Å². The summed E-state index contributed by atoms with van der Waals surface area (Å²) in [6.07, 6.45) is 5.63. The number of likely N-dealkylation sites (tertiary alicyclic amines) is 1. The van der Waals surface area contributed by atoms with Crippen LogP contribution in [0.1, 0.15) is 63.3 Å². The Kier molecular flexibility index (Phi) is 7.22. The van der Waals surface area contributed by atoms with Crippen LogP contribution in [0.5, 0.6) is 0 Å². The Hall–Kier alpha value is -4.42. The number of aromatic nitrogens is 3. The smallest absolute Gasteiger partial charge is 0.248 e. The number of fused-ring (bicyclic) bond motifs is 2. The van der Waals surface area contributed by atoms with Gasteiger partial charge in [0.1, 0.15) is 18.2 Å². The van der Waals surface area contributed by atoms with Gasteiger partial charge in [0.05, 0.1) is 11.5 Å². The molecule has 2 aliphatic rings. The lowest BCUT2D eigenvalue weighted by atomic mass is 9.69. The van der Waals surface area contributed by atoms with Gasteiger partial charge in [-0.25, -0.2) is 0 Å². The molecule has 1 aliphatic heterocycles. The van der Waals surface area contributed by atoms with Crippen LogP contribution in [-0.2, 0) is 18.3 Å². The molecule has 9 heteroatoms. The Bertz CT molecular complexity index is 1390. The van der Waals surface area contributed by atoms with Crippen molar-refractivity contribution in [2.45, 2.75) is 43.6 Å². The van der Waals surface area contributed by atoms with Crippen molar-refractivity contribution in [3.05, 3.63) is 101 Å². The monoisotopic (exact) mass is 522 g/mol. The lowest BCUT2D eigenvalue weighted by Gasteiger charge is -2.35. The first kappa shape index (κ1) is 26.2. The number of primary amides is 1. The highest BCUT2D eigenvalue weighted by atomic mass is 16.1. The number of amides is 1. The van der Waals surface area contributed by atoms with Gasteiger partial charge in [0.2, 0.25) is 5.91 Å². The molecule has 0 radical (unpaired) electrons. The molecule has 5 rings (SSSR count). The van der Waals surface area contributed by atoms with Crippen LogP contribution in [0.4, 0.5) is 0 Å². The second-order valence-corrected chi connectivity index (χ2v) is 10.3. The number of hydrogen-bond acceptors (Lipinski definition) is 7. The number of carbonyl (C=O) groups excluding carboxylic acids is 1. The second-order valence-electron chi connectivity index (χ2n) is 10.3. The van der Waals surface area contributed by atoms with Crippen LogP contribution in [-0.4, -0.2) is 51.7 Å². The Labute approximate surface area is 228 Å². The van der Waals surface area contributed by atoms with Gasteiger partial charge in [0, 0.05) is 30.0 Å². The van der Waals surface area contributed by atoms with Crippen LogP contribution in [0.25, 0.3) is 5.70 Å². The van der Waals surface area contributed by atoms with Gasteiger partial charge in [-0.05, 0) is 84.7 Å². The first-order valence-electron chi connectivity index (χ1n) is 13.3. The fourth-order valence-electron chi connectivity index (χ4n) is 6.15. The number of hydrogen-bond donors (Lipinski definition) is 4. The van der Waals surface area contributed by atoms with Crippen LogP contribution < -0.4 is 16.8 Å². The molecule has 0 bridgehead atoms. The average molecular weight is 523 g/mol. The maximum absolute atomic E-state index is 12.1. The number of carbonyl (C=O) groups is 1. The fraction of sp³-hybridized carbons (Fsp3) is 0.333. The predicted octanol–water partition coefficient (Wildman–Crippen LogP) is 2.75. The molecular formula is C30H34N8O. The molecule has 6 N–H and O–H groups in total. The molecule has 2 aromatic carbocycles. The summed E-state index contributed by atoms with van der Waals surface area (Å²) in [6, 6.07) is 14.2. The summed E-state index contributed by atoms with van der Waals surface area (Å²) in [4.78, 5) is 17.5. The van der Waals surface area contributed by atoms with Gasteiger partial charge in [-0.2, -0.15) is 5.26 Å². The number of nitriles is 1. The Morgan fingerprint density at radius 2 is 1.85 bits per heavy atom. The number of rotatable bonds is 9. The van der Waals surface area contributed by atoms with Gasteiger partial charge < -0.3 is 26.7 Å². The minimum atomic E-state index is -0.667. The van der Waals surface area contributed by atoms with Gasteiger partial charge in [0.25, 0.3) is 0 Å². The summed E-state index contributed by atoms with van der Waals surface area (Å²) in [6.45, 7) is 10.3. The van der Waals surface area contributed by atoms with Gasteiger partial charge in [0.15, 0.2) is 0 Å². The van der Waals surface area contributed by atoms with E-state index in [0.29, 0.717) is 30.8 Å².